The van der Waals surface area contributed by atoms with Gasteiger partial charge in [-0.2, -0.15) is 0 Å². The molecule has 0 amide bonds. The second-order valence-corrected chi connectivity index (χ2v) is 6.00. The normalized spacial score (nSPS) is 10.8. The molecular formula is C19H12N2O4S. The smallest absolute Gasteiger partial charge is 0.336 e. The summed E-state index contributed by atoms with van der Waals surface area (Å²) in [7, 11) is 0. The first-order chi connectivity index (χ1) is 12.6. The van der Waals surface area contributed by atoms with E-state index in [1.807, 2.05) is 12.1 Å². The van der Waals surface area contributed by atoms with Crippen LogP contribution < -0.4 is 21.9 Å². The summed E-state index contributed by atoms with van der Waals surface area (Å²) in [5.41, 5.74) is 1.77. The molecule has 0 aliphatic heterocycles. The molecule has 0 bridgehead atoms. The van der Waals surface area contributed by atoms with Crippen LogP contribution in [0.2, 0.25) is 0 Å². The van der Waals surface area contributed by atoms with Gasteiger partial charge in [-0.25, -0.2) is 9.59 Å². The standard InChI is InChI=1S/C19H12N2O4S/c22-17-7-1-11-9-13(3-5-15(11)24-17)20-19(26)21-14-4-6-16-12(10-14)2-8-18(23)25-16/h1-10H,(H2,20,21,26). The molecule has 0 unspecified atom stereocenters. The summed E-state index contributed by atoms with van der Waals surface area (Å²) >= 11 is 5.34. The zero-order chi connectivity index (χ0) is 18.1. The highest BCUT2D eigenvalue weighted by molar-refractivity contribution is 7.80. The van der Waals surface area contributed by atoms with E-state index in [4.69, 9.17) is 21.1 Å². The van der Waals surface area contributed by atoms with Gasteiger partial charge in [0.1, 0.15) is 11.2 Å². The number of thiocarbonyl (C=S) groups is 1. The molecule has 2 N–H and O–H groups in total. The van der Waals surface area contributed by atoms with E-state index in [1.54, 1.807) is 36.4 Å². The maximum atomic E-state index is 11.2. The second-order valence-electron chi connectivity index (χ2n) is 5.59. The van der Waals surface area contributed by atoms with Gasteiger partial charge in [-0.05, 0) is 60.7 Å². The van der Waals surface area contributed by atoms with E-state index in [2.05, 4.69) is 10.6 Å². The Morgan fingerprint density at radius 3 is 1.62 bits per heavy atom. The maximum Gasteiger partial charge on any atom is 0.336 e. The lowest BCUT2D eigenvalue weighted by Crippen LogP contribution is -2.19. The van der Waals surface area contributed by atoms with E-state index < -0.39 is 0 Å². The zero-order valence-electron chi connectivity index (χ0n) is 13.3. The topological polar surface area (TPSA) is 84.5 Å². The van der Waals surface area contributed by atoms with Crippen LogP contribution in [0.4, 0.5) is 11.4 Å². The van der Waals surface area contributed by atoms with Gasteiger partial charge < -0.3 is 19.5 Å². The molecule has 2 aromatic carbocycles. The largest absolute Gasteiger partial charge is 0.423 e. The fraction of sp³-hybridized carbons (Fsp3) is 0. The van der Waals surface area contributed by atoms with E-state index in [1.165, 1.54) is 12.1 Å². The predicted molar refractivity (Wildman–Crippen MR) is 105 cm³/mol. The lowest BCUT2D eigenvalue weighted by Gasteiger charge is -2.11. The monoisotopic (exact) mass is 364 g/mol. The Morgan fingerprint density at radius 1 is 0.692 bits per heavy atom. The molecule has 128 valence electrons. The molecule has 2 aromatic heterocycles. The molecule has 6 nitrogen and oxygen atoms in total. The summed E-state index contributed by atoms with van der Waals surface area (Å²) in [6.45, 7) is 0. The molecule has 4 rings (SSSR count). The fourth-order valence-corrected chi connectivity index (χ4v) is 2.83. The van der Waals surface area contributed by atoms with E-state index >= 15 is 0 Å². The molecule has 0 saturated heterocycles. The predicted octanol–water partition coefficient (Wildman–Crippen LogP) is 3.71. The Kier molecular flexibility index (Phi) is 3.98. The van der Waals surface area contributed by atoms with Crippen LogP contribution in [0, 0.1) is 0 Å². The lowest BCUT2D eigenvalue weighted by atomic mass is 10.2. The Hall–Kier alpha value is -3.45. The van der Waals surface area contributed by atoms with E-state index in [0.29, 0.717) is 16.3 Å². The Bertz CT molecular complexity index is 1160. The van der Waals surface area contributed by atoms with Crippen LogP contribution in [-0.2, 0) is 0 Å². The lowest BCUT2D eigenvalue weighted by molar-refractivity contribution is 0.561. The summed E-state index contributed by atoms with van der Waals surface area (Å²) < 4.78 is 10.2. The minimum atomic E-state index is -0.387. The third-order valence-corrected chi connectivity index (χ3v) is 3.96. The first-order valence-corrected chi connectivity index (χ1v) is 8.13. The highest BCUT2D eigenvalue weighted by Crippen LogP contribution is 2.20. The van der Waals surface area contributed by atoms with Crippen LogP contribution >= 0.6 is 12.2 Å². The average molecular weight is 364 g/mol. The van der Waals surface area contributed by atoms with Gasteiger partial charge in [0.15, 0.2) is 5.11 Å². The van der Waals surface area contributed by atoms with Crippen molar-refractivity contribution in [2.75, 3.05) is 10.6 Å². The number of anilines is 2. The van der Waals surface area contributed by atoms with Gasteiger partial charge in [0.05, 0.1) is 0 Å². The van der Waals surface area contributed by atoms with Crippen molar-refractivity contribution in [1.82, 2.24) is 0 Å². The fourth-order valence-electron chi connectivity index (χ4n) is 2.59. The number of rotatable bonds is 2. The van der Waals surface area contributed by atoms with Crippen molar-refractivity contribution in [3.63, 3.8) is 0 Å². The zero-order valence-corrected chi connectivity index (χ0v) is 14.1. The summed E-state index contributed by atoms with van der Waals surface area (Å²) in [4.78, 5) is 22.4. The number of hydrogen-bond donors (Lipinski definition) is 2. The quantitative estimate of drug-likeness (QED) is 0.414. The van der Waals surface area contributed by atoms with Crippen molar-refractivity contribution >= 4 is 50.6 Å². The summed E-state index contributed by atoms with van der Waals surface area (Å²) in [5.74, 6) is 0. The first-order valence-electron chi connectivity index (χ1n) is 7.73. The van der Waals surface area contributed by atoms with Crippen molar-refractivity contribution in [1.29, 1.82) is 0 Å². The van der Waals surface area contributed by atoms with Crippen molar-refractivity contribution in [3.8, 4) is 0 Å². The number of fused-ring (bicyclic) bond motifs is 2. The molecule has 4 aromatic rings. The summed E-state index contributed by atoms with van der Waals surface area (Å²) in [6, 6.07) is 16.8. The SMILES string of the molecule is O=c1ccc2cc(NC(=S)Nc3ccc4oc(=O)ccc4c3)ccc2o1. The third-order valence-electron chi connectivity index (χ3n) is 3.75. The minimum absolute atomic E-state index is 0.387. The molecule has 0 radical (unpaired) electrons. The van der Waals surface area contributed by atoms with Gasteiger partial charge in [0.2, 0.25) is 0 Å². The highest BCUT2D eigenvalue weighted by Gasteiger charge is 2.04. The molecule has 0 saturated carbocycles. The van der Waals surface area contributed by atoms with Crippen molar-refractivity contribution in [3.05, 3.63) is 81.5 Å². The molecule has 26 heavy (non-hydrogen) atoms. The molecule has 0 aliphatic rings. The molecular weight excluding hydrogens is 352 g/mol. The first kappa shape index (κ1) is 16.0. The number of nitrogens with one attached hydrogen (secondary N) is 2. The highest BCUT2D eigenvalue weighted by atomic mass is 32.1. The van der Waals surface area contributed by atoms with Crippen LogP contribution in [-0.4, -0.2) is 5.11 Å². The van der Waals surface area contributed by atoms with Gasteiger partial charge in [-0.1, -0.05) is 0 Å². The Balaban J connectivity index is 1.53. The van der Waals surface area contributed by atoms with Gasteiger partial charge in [0.25, 0.3) is 0 Å². The maximum absolute atomic E-state index is 11.2. The Morgan fingerprint density at radius 2 is 1.15 bits per heavy atom. The second kappa shape index (κ2) is 6.45. The number of hydrogen-bond acceptors (Lipinski definition) is 5. The van der Waals surface area contributed by atoms with E-state index in [9.17, 15) is 9.59 Å². The Labute approximate surface area is 152 Å². The molecule has 0 spiro atoms. The van der Waals surface area contributed by atoms with Crippen LogP contribution in [0.15, 0.2) is 79.1 Å². The van der Waals surface area contributed by atoms with E-state index in [0.717, 1.165) is 22.1 Å². The van der Waals surface area contributed by atoms with Gasteiger partial charge in [-0.3, -0.25) is 0 Å². The van der Waals surface area contributed by atoms with Crippen molar-refractivity contribution in [2.45, 2.75) is 0 Å². The van der Waals surface area contributed by atoms with Gasteiger partial charge in [-0.15, -0.1) is 0 Å². The number of benzene rings is 2. The molecule has 7 heteroatoms. The summed E-state index contributed by atoms with van der Waals surface area (Å²) in [6.07, 6.45) is 0. The average Bonchev–Trinajstić information content (AvgIpc) is 2.62. The molecule has 0 aliphatic carbocycles. The van der Waals surface area contributed by atoms with Crippen LogP contribution in [0.3, 0.4) is 0 Å². The van der Waals surface area contributed by atoms with Crippen LogP contribution in [0.5, 0.6) is 0 Å². The molecule has 2 heterocycles. The van der Waals surface area contributed by atoms with E-state index in [-0.39, 0.29) is 11.3 Å². The van der Waals surface area contributed by atoms with Gasteiger partial charge in [0, 0.05) is 34.3 Å². The van der Waals surface area contributed by atoms with Crippen molar-refractivity contribution in [2.24, 2.45) is 0 Å². The summed E-state index contributed by atoms with van der Waals surface area (Å²) in [5, 5.41) is 8.14. The van der Waals surface area contributed by atoms with Crippen LogP contribution in [0.25, 0.3) is 21.9 Å². The minimum Gasteiger partial charge on any atom is -0.423 e. The van der Waals surface area contributed by atoms with Crippen LogP contribution in [0.1, 0.15) is 0 Å². The molecule has 0 atom stereocenters. The molecule has 0 fully saturated rings. The third kappa shape index (κ3) is 3.33. The van der Waals surface area contributed by atoms with Gasteiger partial charge >= 0.3 is 11.3 Å². The van der Waals surface area contributed by atoms with Crippen molar-refractivity contribution < 1.29 is 8.83 Å².